The molecule has 1 aromatic carbocycles. The highest BCUT2D eigenvalue weighted by molar-refractivity contribution is 5.89. The third-order valence-corrected chi connectivity index (χ3v) is 5.49. The smallest absolute Gasteiger partial charge is 0.227 e. The van der Waals surface area contributed by atoms with Crippen molar-refractivity contribution in [1.29, 1.82) is 0 Å². The number of rotatable bonds is 4. The molecule has 24 heavy (non-hydrogen) atoms. The molecule has 1 atom stereocenters. The minimum atomic E-state index is 0.236. The lowest BCUT2D eigenvalue weighted by Gasteiger charge is -2.23. The van der Waals surface area contributed by atoms with Crippen molar-refractivity contribution in [2.75, 3.05) is 33.3 Å². The predicted molar refractivity (Wildman–Crippen MR) is 94.3 cm³/mol. The minimum Gasteiger partial charge on any atom is -0.497 e. The molecule has 2 aliphatic rings. The summed E-state index contributed by atoms with van der Waals surface area (Å²) in [6, 6.07) is 6.51. The van der Waals surface area contributed by atoms with Gasteiger partial charge in [-0.2, -0.15) is 0 Å². The van der Waals surface area contributed by atoms with Gasteiger partial charge in [0.25, 0.3) is 0 Å². The van der Waals surface area contributed by atoms with E-state index in [9.17, 15) is 4.79 Å². The summed E-state index contributed by atoms with van der Waals surface area (Å²) < 4.78 is 5.31. The first-order valence-electron chi connectivity index (χ1n) is 8.90. The van der Waals surface area contributed by atoms with E-state index in [4.69, 9.17) is 4.74 Å². The minimum absolute atomic E-state index is 0.236. The summed E-state index contributed by atoms with van der Waals surface area (Å²) in [6.45, 7) is 4.19. The molecule has 1 amide bonds. The van der Waals surface area contributed by atoms with Crippen molar-refractivity contribution >= 4 is 16.8 Å². The van der Waals surface area contributed by atoms with Crippen LogP contribution in [0.2, 0.25) is 0 Å². The molecule has 0 bridgehead atoms. The summed E-state index contributed by atoms with van der Waals surface area (Å²) >= 11 is 0. The summed E-state index contributed by atoms with van der Waals surface area (Å²) in [5.74, 6) is 1.06. The van der Waals surface area contributed by atoms with Crippen molar-refractivity contribution in [3.63, 3.8) is 0 Å². The maximum absolute atomic E-state index is 12.7. The normalized spacial score (nSPS) is 21.7. The molecule has 0 aliphatic carbocycles. The van der Waals surface area contributed by atoms with Crippen LogP contribution in [-0.2, 0) is 11.2 Å². The number of nitrogens with zero attached hydrogens (tertiary/aromatic N) is 2. The Labute approximate surface area is 142 Å². The van der Waals surface area contributed by atoms with Crippen LogP contribution in [0.4, 0.5) is 0 Å². The second kappa shape index (κ2) is 6.48. The highest BCUT2D eigenvalue weighted by Gasteiger charge is 2.31. The Hall–Kier alpha value is -2.01. The molecule has 0 radical (unpaired) electrons. The zero-order valence-corrected chi connectivity index (χ0v) is 14.3. The molecule has 0 saturated carbocycles. The number of carbonyl (C=O) groups is 1. The van der Waals surface area contributed by atoms with E-state index in [1.807, 2.05) is 29.3 Å². The van der Waals surface area contributed by atoms with Gasteiger partial charge in [0.05, 0.1) is 13.5 Å². The van der Waals surface area contributed by atoms with Crippen LogP contribution in [0.25, 0.3) is 10.9 Å². The second-order valence-corrected chi connectivity index (χ2v) is 6.93. The van der Waals surface area contributed by atoms with Crippen LogP contribution >= 0.6 is 0 Å². The largest absolute Gasteiger partial charge is 0.497 e. The Morgan fingerprint density at radius 3 is 2.92 bits per heavy atom. The summed E-state index contributed by atoms with van der Waals surface area (Å²) in [6.07, 6.45) is 6.15. The van der Waals surface area contributed by atoms with Gasteiger partial charge in [0.15, 0.2) is 0 Å². The average Bonchev–Trinajstić information content (AvgIpc) is 3.34. The molecule has 2 saturated heterocycles. The van der Waals surface area contributed by atoms with E-state index < -0.39 is 0 Å². The number of likely N-dealkylation sites (tertiary alicyclic amines) is 2. The van der Waals surface area contributed by atoms with E-state index >= 15 is 0 Å². The summed E-state index contributed by atoms with van der Waals surface area (Å²) in [4.78, 5) is 20.6. The molecule has 3 heterocycles. The fourth-order valence-corrected chi connectivity index (χ4v) is 4.08. The number of aromatic nitrogens is 1. The Balaban J connectivity index is 1.44. The highest BCUT2D eigenvalue weighted by atomic mass is 16.5. The zero-order valence-electron chi connectivity index (χ0n) is 14.3. The summed E-state index contributed by atoms with van der Waals surface area (Å²) in [7, 11) is 1.67. The van der Waals surface area contributed by atoms with Gasteiger partial charge in [-0.25, -0.2) is 0 Å². The third kappa shape index (κ3) is 2.88. The van der Waals surface area contributed by atoms with E-state index in [0.717, 1.165) is 41.7 Å². The number of hydrogen-bond donors (Lipinski definition) is 1. The molecule has 1 unspecified atom stereocenters. The number of benzene rings is 1. The van der Waals surface area contributed by atoms with Crippen LogP contribution in [0.3, 0.4) is 0 Å². The maximum atomic E-state index is 12.7. The standard InChI is InChI=1S/C19H25N3O2/c1-24-16-4-5-18-17(11-16)14(12-20-18)10-19(23)22-9-6-15(13-22)21-7-2-3-8-21/h4-5,11-12,15,20H,2-3,6-10,13H2,1H3. The number of methoxy groups -OCH3 is 1. The van der Waals surface area contributed by atoms with Gasteiger partial charge in [-0.3, -0.25) is 9.69 Å². The van der Waals surface area contributed by atoms with Crippen LogP contribution in [0.15, 0.2) is 24.4 Å². The molecule has 1 N–H and O–H groups in total. The quantitative estimate of drug-likeness (QED) is 0.938. The van der Waals surface area contributed by atoms with E-state index in [2.05, 4.69) is 9.88 Å². The van der Waals surface area contributed by atoms with Crippen molar-refractivity contribution in [2.24, 2.45) is 0 Å². The zero-order chi connectivity index (χ0) is 16.5. The summed E-state index contributed by atoms with van der Waals surface area (Å²) in [5, 5.41) is 1.08. The molecular weight excluding hydrogens is 302 g/mol. The third-order valence-electron chi connectivity index (χ3n) is 5.49. The first-order valence-corrected chi connectivity index (χ1v) is 8.90. The number of H-pyrrole nitrogens is 1. The number of fused-ring (bicyclic) bond motifs is 1. The van der Waals surface area contributed by atoms with Gasteiger partial charge in [-0.15, -0.1) is 0 Å². The van der Waals surface area contributed by atoms with Gasteiger partial charge in [0.1, 0.15) is 5.75 Å². The monoisotopic (exact) mass is 327 g/mol. The lowest BCUT2D eigenvalue weighted by Crippen LogP contribution is -2.37. The van der Waals surface area contributed by atoms with Gasteiger partial charge in [-0.1, -0.05) is 0 Å². The highest BCUT2D eigenvalue weighted by Crippen LogP contribution is 2.25. The average molecular weight is 327 g/mol. The van der Waals surface area contributed by atoms with E-state index in [0.29, 0.717) is 12.5 Å². The second-order valence-electron chi connectivity index (χ2n) is 6.93. The lowest BCUT2D eigenvalue weighted by atomic mass is 10.1. The topological polar surface area (TPSA) is 48.6 Å². The number of ether oxygens (including phenoxy) is 1. The van der Waals surface area contributed by atoms with E-state index in [-0.39, 0.29) is 5.91 Å². The SMILES string of the molecule is COc1ccc2[nH]cc(CC(=O)N3CCC(N4CCCC4)C3)c2c1. The fourth-order valence-electron chi connectivity index (χ4n) is 4.08. The Morgan fingerprint density at radius 2 is 2.12 bits per heavy atom. The van der Waals surface area contributed by atoms with Crippen molar-refractivity contribution in [3.05, 3.63) is 30.0 Å². The van der Waals surface area contributed by atoms with E-state index in [1.54, 1.807) is 7.11 Å². The Bertz CT molecular complexity index is 733. The predicted octanol–water partition coefficient (Wildman–Crippen LogP) is 2.42. The number of aromatic amines is 1. The van der Waals surface area contributed by atoms with Gasteiger partial charge in [0, 0.05) is 36.2 Å². The molecule has 2 aromatic rings. The molecule has 1 aromatic heterocycles. The maximum Gasteiger partial charge on any atom is 0.227 e. The van der Waals surface area contributed by atoms with Crippen molar-refractivity contribution in [1.82, 2.24) is 14.8 Å². The lowest BCUT2D eigenvalue weighted by molar-refractivity contribution is -0.129. The van der Waals surface area contributed by atoms with E-state index in [1.165, 1.54) is 25.9 Å². The molecule has 2 fully saturated rings. The van der Waals surface area contributed by atoms with Gasteiger partial charge in [-0.05, 0) is 56.1 Å². The number of carbonyl (C=O) groups excluding carboxylic acids is 1. The number of hydrogen-bond acceptors (Lipinski definition) is 3. The Kier molecular flexibility index (Phi) is 4.19. The van der Waals surface area contributed by atoms with Crippen molar-refractivity contribution in [2.45, 2.75) is 31.7 Å². The fraction of sp³-hybridized carbons (Fsp3) is 0.526. The van der Waals surface area contributed by atoms with Gasteiger partial charge < -0.3 is 14.6 Å². The molecule has 5 heteroatoms. The van der Waals surface area contributed by atoms with Gasteiger partial charge >= 0.3 is 0 Å². The molecular formula is C19H25N3O2. The van der Waals surface area contributed by atoms with Crippen LogP contribution in [-0.4, -0.2) is 60.0 Å². The molecule has 128 valence electrons. The molecule has 2 aliphatic heterocycles. The van der Waals surface area contributed by atoms with Crippen molar-refractivity contribution < 1.29 is 9.53 Å². The van der Waals surface area contributed by atoms with Crippen LogP contribution in [0, 0.1) is 0 Å². The molecule has 5 nitrogen and oxygen atoms in total. The first kappa shape index (κ1) is 15.5. The van der Waals surface area contributed by atoms with Gasteiger partial charge in [0.2, 0.25) is 5.91 Å². The van der Waals surface area contributed by atoms with Crippen LogP contribution in [0.1, 0.15) is 24.8 Å². The number of amides is 1. The Morgan fingerprint density at radius 1 is 1.29 bits per heavy atom. The molecule has 0 spiro atoms. The van der Waals surface area contributed by atoms with Crippen molar-refractivity contribution in [3.8, 4) is 5.75 Å². The number of nitrogens with one attached hydrogen (secondary N) is 1. The van der Waals surface area contributed by atoms with Crippen LogP contribution in [0.5, 0.6) is 5.75 Å². The van der Waals surface area contributed by atoms with Crippen LogP contribution < -0.4 is 4.74 Å². The molecule has 4 rings (SSSR count). The summed E-state index contributed by atoms with van der Waals surface area (Å²) in [5.41, 5.74) is 2.11. The first-order chi connectivity index (χ1) is 11.7.